The van der Waals surface area contributed by atoms with Crippen molar-refractivity contribution >= 4 is 21.6 Å². The molecule has 0 aliphatic rings. The van der Waals surface area contributed by atoms with Crippen molar-refractivity contribution in [1.82, 2.24) is 14.8 Å². The van der Waals surface area contributed by atoms with Gasteiger partial charge in [-0.2, -0.15) is 0 Å². The molecule has 17 heavy (non-hydrogen) atoms. The maximum atomic E-state index is 11.0. The number of thioether (sulfide) groups is 1. The van der Waals surface area contributed by atoms with E-state index in [1.807, 2.05) is 18.4 Å². The van der Waals surface area contributed by atoms with Gasteiger partial charge in [0.05, 0.1) is 12.3 Å². The Balaban J connectivity index is 2.74. The number of hydrogen-bond donors (Lipinski definition) is 1. The van der Waals surface area contributed by atoms with Gasteiger partial charge in [0.2, 0.25) is 0 Å². The predicted octanol–water partition coefficient (Wildman–Crippen LogP) is 0.454. The Morgan fingerprint density at radius 1 is 1.41 bits per heavy atom. The summed E-state index contributed by atoms with van der Waals surface area (Å²) in [5, 5.41) is 8.74. The molecular formula is C9H18N4O2S2. The van der Waals surface area contributed by atoms with Crippen LogP contribution in [0.25, 0.3) is 0 Å². The van der Waals surface area contributed by atoms with E-state index in [2.05, 4.69) is 10.2 Å². The molecule has 0 atom stereocenters. The highest BCUT2D eigenvalue weighted by Gasteiger charge is 2.14. The van der Waals surface area contributed by atoms with E-state index in [-0.39, 0.29) is 11.8 Å². The quantitative estimate of drug-likeness (QED) is 0.760. The van der Waals surface area contributed by atoms with Crippen LogP contribution in [0.1, 0.15) is 25.7 Å². The third-order valence-electron chi connectivity index (χ3n) is 2.12. The van der Waals surface area contributed by atoms with Gasteiger partial charge in [-0.15, -0.1) is 10.2 Å². The van der Waals surface area contributed by atoms with Crippen molar-refractivity contribution < 1.29 is 8.42 Å². The summed E-state index contributed by atoms with van der Waals surface area (Å²) in [5.41, 5.74) is 5.57. The number of rotatable bonds is 6. The second-order valence-corrected chi connectivity index (χ2v) is 7.37. The molecule has 0 radical (unpaired) electrons. The third kappa shape index (κ3) is 4.29. The second-order valence-electron chi connectivity index (χ2n) is 4.05. The normalized spacial score (nSPS) is 12.3. The third-order valence-corrected chi connectivity index (χ3v) is 4.27. The van der Waals surface area contributed by atoms with E-state index >= 15 is 0 Å². The van der Waals surface area contributed by atoms with Gasteiger partial charge < -0.3 is 10.3 Å². The maximum absolute atomic E-state index is 11.0. The first-order chi connectivity index (χ1) is 7.85. The van der Waals surface area contributed by atoms with Gasteiger partial charge in [-0.25, -0.2) is 8.42 Å². The second kappa shape index (κ2) is 5.83. The molecule has 0 unspecified atom stereocenters. The first-order valence-corrected chi connectivity index (χ1v) is 8.34. The highest BCUT2D eigenvalue weighted by atomic mass is 32.2. The first kappa shape index (κ1) is 14.5. The number of nitrogens with zero attached hydrogens (tertiary/aromatic N) is 3. The van der Waals surface area contributed by atoms with E-state index < -0.39 is 9.84 Å². The van der Waals surface area contributed by atoms with Crippen molar-refractivity contribution in [2.75, 3.05) is 17.8 Å². The van der Waals surface area contributed by atoms with Crippen molar-refractivity contribution in [3.8, 4) is 0 Å². The molecule has 1 rings (SSSR count). The van der Waals surface area contributed by atoms with Crippen LogP contribution >= 0.6 is 11.8 Å². The summed E-state index contributed by atoms with van der Waals surface area (Å²) in [6.45, 7) is 4.37. The minimum Gasteiger partial charge on any atom is -0.324 e. The molecule has 0 saturated carbocycles. The molecule has 0 fully saturated rings. The molecule has 0 aliphatic carbocycles. The highest BCUT2D eigenvalue weighted by molar-refractivity contribution is 8.00. The van der Waals surface area contributed by atoms with Crippen molar-refractivity contribution in [2.45, 2.75) is 31.6 Å². The zero-order valence-corrected chi connectivity index (χ0v) is 11.9. The van der Waals surface area contributed by atoms with Crippen LogP contribution in [-0.4, -0.2) is 40.9 Å². The Kier molecular flexibility index (Phi) is 4.96. The van der Waals surface area contributed by atoms with Crippen LogP contribution in [0.3, 0.4) is 0 Å². The summed E-state index contributed by atoms with van der Waals surface area (Å²) in [7, 11) is -2.93. The molecule has 6 nitrogen and oxygen atoms in total. The lowest BCUT2D eigenvalue weighted by atomic mass is 10.4. The Labute approximate surface area is 106 Å². The zero-order valence-electron chi connectivity index (χ0n) is 10.3. The molecule has 0 amide bonds. The van der Waals surface area contributed by atoms with E-state index in [0.717, 1.165) is 11.0 Å². The summed E-state index contributed by atoms with van der Waals surface area (Å²) >= 11 is 1.39. The van der Waals surface area contributed by atoms with E-state index in [4.69, 9.17) is 5.73 Å². The van der Waals surface area contributed by atoms with Crippen molar-refractivity contribution in [1.29, 1.82) is 0 Å². The number of aromatic nitrogens is 3. The van der Waals surface area contributed by atoms with Gasteiger partial charge in [0, 0.05) is 18.1 Å². The van der Waals surface area contributed by atoms with Crippen LogP contribution < -0.4 is 5.73 Å². The lowest BCUT2D eigenvalue weighted by molar-refractivity contribution is 0.526. The summed E-state index contributed by atoms with van der Waals surface area (Å²) in [4.78, 5) is 0. The van der Waals surface area contributed by atoms with E-state index in [0.29, 0.717) is 12.3 Å². The topological polar surface area (TPSA) is 90.9 Å². The van der Waals surface area contributed by atoms with Crippen LogP contribution in [0.5, 0.6) is 0 Å². The van der Waals surface area contributed by atoms with E-state index in [9.17, 15) is 8.42 Å². The summed E-state index contributed by atoms with van der Waals surface area (Å²) in [6, 6.07) is 0.212. The van der Waals surface area contributed by atoms with Crippen LogP contribution in [0.4, 0.5) is 0 Å². The van der Waals surface area contributed by atoms with Gasteiger partial charge in [-0.3, -0.25) is 0 Å². The summed E-state index contributed by atoms with van der Waals surface area (Å²) in [6.07, 6.45) is 1.23. The molecule has 0 bridgehead atoms. The minimum atomic E-state index is -2.93. The SMILES string of the molecule is CC(C)n1c(CN)nnc1SCCS(C)(=O)=O. The molecule has 1 heterocycles. The fraction of sp³-hybridized carbons (Fsp3) is 0.778. The Morgan fingerprint density at radius 2 is 2.06 bits per heavy atom. The summed E-state index contributed by atoms with van der Waals surface area (Å²) in [5.74, 6) is 1.34. The van der Waals surface area contributed by atoms with Gasteiger partial charge in [0.1, 0.15) is 15.7 Å². The maximum Gasteiger partial charge on any atom is 0.191 e. The molecule has 0 saturated heterocycles. The molecule has 0 spiro atoms. The molecule has 0 aliphatic heterocycles. The first-order valence-electron chi connectivity index (χ1n) is 5.29. The summed E-state index contributed by atoms with van der Waals surface area (Å²) < 4.78 is 24.0. The van der Waals surface area contributed by atoms with Gasteiger partial charge >= 0.3 is 0 Å². The number of nitrogens with two attached hydrogens (primary N) is 1. The van der Waals surface area contributed by atoms with Crippen molar-refractivity contribution in [3.63, 3.8) is 0 Å². The van der Waals surface area contributed by atoms with Crippen molar-refractivity contribution in [2.24, 2.45) is 5.73 Å². The Morgan fingerprint density at radius 3 is 2.53 bits per heavy atom. The Bertz CT molecular complexity index is 467. The Hall–Kier alpha value is -0.600. The molecule has 0 aromatic carbocycles. The van der Waals surface area contributed by atoms with Crippen LogP contribution in [0.15, 0.2) is 5.16 Å². The number of sulfone groups is 1. The largest absolute Gasteiger partial charge is 0.324 e. The smallest absolute Gasteiger partial charge is 0.191 e. The van der Waals surface area contributed by atoms with E-state index in [1.165, 1.54) is 18.0 Å². The minimum absolute atomic E-state index is 0.139. The molecule has 1 aromatic rings. The molecule has 8 heteroatoms. The number of hydrogen-bond acceptors (Lipinski definition) is 6. The van der Waals surface area contributed by atoms with Crippen LogP contribution in [-0.2, 0) is 16.4 Å². The fourth-order valence-electron chi connectivity index (χ4n) is 1.35. The molecular weight excluding hydrogens is 260 g/mol. The fourth-order valence-corrected chi connectivity index (χ4v) is 3.63. The van der Waals surface area contributed by atoms with Gasteiger partial charge in [0.15, 0.2) is 5.16 Å². The highest BCUT2D eigenvalue weighted by Crippen LogP contribution is 2.21. The van der Waals surface area contributed by atoms with E-state index in [1.54, 1.807) is 0 Å². The lowest BCUT2D eigenvalue weighted by Crippen LogP contribution is -2.12. The van der Waals surface area contributed by atoms with Crippen LogP contribution in [0, 0.1) is 0 Å². The average Bonchev–Trinajstić information content (AvgIpc) is 2.58. The average molecular weight is 278 g/mol. The van der Waals surface area contributed by atoms with Crippen LogP contribution in [0.2, 0.25) is 0 Å². The van der Waals surface area contributed by atoms with Crippen molar-refractivity contribution in [3.05, 3.63) is 5.82 Å². The standard InChI is InChI=1S/C9H18N4O2S2/c1-7(2)13-8(6-10)11-12-9(13)16-4-5-17(3,14)15/h7H,4-6,10H2,1-3H3. The van der Waals surface area contributed by atoms with Gasteiger partial charge in [-0.1, -0.05) is 11.8 Å². The molecule has 98 valence electrons. The lowest BCUT2D eigenvalue weighted by Gasteiger charge is -2.12. The van der Waals surface area contributed by atoms with Gasteiger partial charge in [0.25, 0.3) is 0 Å². The zero-order chi connectivity index (χ0) is 13.1. The van der Waals surface area contributed by atoms with Gasteiger partial charge in [-0.05, 0) is 13.8 Å². The monoisotopic (exact) mass is 278 g/mol. The predicted molar refractivity (Wildman–Crippen MR) is 68.7 cm³/mol. The molecule has 1 aromatic heterocycles. The molecule has 2 N–H and O–H groups in total.